The second-order valence-corrected chi connectivity index (χ2v) is 8.10. The van der Waals surface area contributed by atoms with E-state index in [9.17, 15) is 9.18 Å². The highest BCUT2D eigenvalue weighted by Gasteiger charge is 2.26. The maximum absolute atomic E-state index is 13.5. The number of carboxylic acids is 1. The standard InChI is InChI=1S/C26H22FNO4/c1-16-10-20(27)4-7-23(16)28-9-8-18-3-2-17(11-24(18)28)14-31-21-5-6-22-19(12-26(29)30)15-32-25(22)13-21/h2-11,13,19H,12,14-15H2,1H3,(H,29,30). The molecule has 0 amide bonds. The Morgan fingerprint density at radius 1 is 1.16 bits per heavy atom. The molecule has 162 valence electrons. The average Bonchev–Trinajstić information content (AvgIpc) is 3.35. The van der Waals surface area contributed by atoms with Crippen LogP contribution in [0.5, 0.6) is 11.5 Å². The van der Waals surface area contributed by atoms with Gasteiger partial charge in [0.2, 0.25) is 0 Å². The van der Waals surface area contributed by atoms with Crippen LogP contribution in [0.15, 0.2) is 66.9 Å². The van der Waals surface area contributed by atoms with E-state index in [1.807, 2.05) is 49.5 Å². The number of benzene rings is 3. The summed E-state index contributed by atoms with van der Waals surface area (Å²) in [4.78, 5) is 11.0. The largest absolute Gasteiger partial charge is 0.492 e. The van der Waals surface area contributed by atoms with E-state index < -0.39 is 5.97 Å². The number of carboxylic acid groups (broad SMARTS) is 1. The van der Waals surface area contributed by atoms with E-state index in [0.29, 0.717) is 24.7 Å². The number of carbonyl (C=O) groups is 1. The van der Waals surface area contributed by atoms with Gasteiger partial charge in [-0.3, -0.25) is 4.79 Å². The van der Waals surface area contributed by atoms with Crippen LogP contribution in [0.4, 0.5) is 4.39 Å². The lowest BCUT2D eigenvalue weighted by molar-refractivity contribution is -0.137. The van der Waals surface area contributed by atoms with E-state index in [2.05, 4.69) is 10.6 Å². The molecule has 5 rings (SSSR count). The van der Waals surface area contributed by atoms with Gasteiger partial charge in [0.1, 0.15) is 23.9 Å². The first-order chi connectivity index (χ1) is 15.5. The van der Waals surface area contributed by atoms with Gasteiger partial charge in [-0.15, -0.1) is 0 Å². The van der Waals surface area contributed by atoms with Crippen LogP contribution in [0.25, 0.3) is 16.6 Å². The first kappa shape index (κ1) is 20.1. The number of rotatable bonds is 6. The number of aromatic nitrogens is 1. The van der Waals surface area contributed by atoms with Crippen molar-refractivity contribution in [3.05, 3.63) is 89.4 Å². The molecule has 0 aliphatic carbocycles. The Morgan fingerprint density at radius 2 is 2.03 bits per heavy atom. The van der Waals surface area contributed by atoms with E-state index in [4.69, 9.17) is 14.6 Å². The second kappa shape index (κ2) is 8.04. The van der Waals surface area contributed by atoms with Gasteiger partial charge in [0.15, 0.2) is 0 Å². The van der Waals surface area contributed by atoms with Gasteiger partial charge in [0.25, 0.3) is 0 Å². The summed E-state index contributed by atoms with van der Waals surface area (Å²) in [5.74, 6) is 0.156. The molecule has 1 aliphatic heterocycles. The Morgan fingerprint density at radius 3 is 2.84 bits per heavy atom. The van der Waals surface area contributed by atoms with Gasteiger partial charge >= 0.3 is 5.97 Å². The van der Waals surface area contributed by atoms with Gasteiger partial charge in [-0.25, -0.2) is 4.39 Å². The summed E-state index contributed by atoms with van der Waals surface area (Å²) in [5, 5.41) is 10.1. The van der Waals surface area contributed by atoms with Crippen molar-refractivity contribution in [3.63, 3.8) is 0 Å². The molecule has 0 fully saturated rings. The number of hydrogen-bond donors (Lipinski definition) is 1. The Kier molecular flexibility index (Phi) is 5.05. The molecule has 3 aromatic carbocycles. The van der Waals surface area contributed by atoms with Crippen LogP contribution < -0.4 is 9.47 Å². The molecular weight excluding hydrogens is 409 g/mol. The lowest BCUT2D eigenvalue weighted by Crippen LogP contribution is -2.07. The minimum absolute atomic E-state index is 0.0559. The summed E-state index contributed by atoms with van der Waals surface area (Å²) < 4.78 is 27.2. The number of nitrogens with zero attached hydrogens (tertiary/aromatic N) is 1. The van der Waals surface area contributed by atoms with Crippen molar-refractivity contribution in [3.8, 4) is 17.2 Å². The molecule has 0 bridgehead atoms. The molecule has 1 N–H and O–H groups in total. The van der Waals surface area contributed by atoms with E-state index in [1.54, 1.807) is 6.07 Å². The van der Waals surface area contributed by atoms with Crippen molar-refractivity contribution in [1.82, 2.24) is 4.57 Å². The number of aryl methyl sites for hydroxylation is 1. The summed E-state index contributed by atoms with van der Waals surface area (Å²) in [6.45, 7) is 2.65. The van der Waals surface area contributed by atoms with Crippen molar-refractivity contribution in [1.29, 1.82) is 0 Å². The SMILES string of the molecule is Cc1cc(F)ccc1-n1ccc2ccc(COc3ccc4c(c3)OCC4CC(=O)O)cc21. The van der Waals surface area contributed by atoms with Gasteiger partial charge in [-0.1, -0.05) is 18.2 Å². The third kappa shape index (κ3) is 3.80. The van der Waals surface area contributed by atoms with Crippen LogP contribution in [-0.2, 0) is 11.4 Å². The molecule has 0 saturated carbocycles. The molecule has 2 heterocycles. The molecule has 32 heavy (non-hydrogen) atoms. The first-order valence-electron chi connectivity index (χ1n) is 10.5. The second-order valence-electron chi connectivity index (χ2n) is 8.10. The Labute approximate surface area is 184 Å². The third-order valence-corrected chi connectivity index (χ3v) is 5.87. The maximum atomic E-state index is 13.5. The van der Waals surface area contributed by atoms with Crippen molar-refractivity contribution in [2.24, 2.45) is 0 Å². The minimum Gasteiger partial charge on any atom is -0.492 e. The average molecular weight is 431 g/mol. The molecule has 5 nitrogen and oxygen atoms in total. The van der Waals surface area contributed by atoms with Crippen molar-refractivity contribution >= 4 is 16.9 Å². The molecule has 4 aromatic rings. The fourth-order valence-corrected chi connectivity index (χ4v) is 4.26. The maximum Gasteiger partial charge on any atom is 0.304 e. The van der Waals surface area contributed by atoms with Gasteiger partial charge in [0.05, 0.1) is 18.5 Å². The smallest absolute Gasteiger partial charge is 0.304 e. The summed E-state index contributed by atoms with van der Waals surface area (Å²) >= 11 is 0. The van der Waals surface area contributed by atoms with E-state index >= 15 is 0 Å². The fourth-order valence-electron chi connectivity index (χ4n) is 4.26. The highest BCUT2D eigenvalue weighted by atomic mass is 19.1. The summed E-state index contributed by atoms with van der Waals surface area (Å²) in [5.41, 5.74) is 4.74. The number of ether oxygens (including phenoxy) is 2. The van der Waals surface area contributed by atoms with Crippen molar-refractivity contribution < 1.29 is 23.8 Å². The molecule has 1 aliphatic rings. The Hall–Kier alpha value is -3.80. The zero-order chi connectivity index (χ0) is 22.2. The lowest BCUT2D eigenvalue weighted by atomic mass is 9.98. The number of aliphatic carboxylic acids is 1. The van der Waals surface area contributed by atoms with Crippen LogP contribution >= 0.6 is 0 Å². The van der Waals surface area contributed by atoms with Crippen LogP contribution in [0.3, 0.4) is 0 Å². The molecular formula is C26H22FNO4. The topological polar surface area (TPSA) is 60.7 Å². The zero-order valence-electron chi connectivity index (χ0n) is 17.5. The first-order valence-corrected chi connectivity index (χ1v) is 10.5. The van der Waals surface area contributed by atoms with Gasteiger partial charge in [0, 0.05) is 29.4 Å². The zero-order valence-corrected chi connectivity index (χ0v) is 17.5. The number of fused-ring (bicyclic) bond motifs is 2. The van der Waals surface area contributed by atoms with Crippen LogP contribution in [0, 0.1) is 12.7 Å². The predicted molar refractivity (Wildman–Crippen MR) is 119 cm³/mol. The summed E-state index contributed by atoms with van der Waals surface area (Å²) in [7, 11) is 0. The van der Waals surface area contributed by atoms with E-state index in [0.717, 1.165) is 33.3 Å². The molecule has 6 heteroatoms. The van der Waals surface area contributed by atoms with Gasteiger partial charge in [-0.05, 0) is 59.8 Å². The van der Waals surface area contributed by atoms with Crippen LogP contribution in [0.2, 0.25) is 0 Å². The Bertz CT molecular complexity index is 1330. The van der Waals surface area contributed by atoms with Crippen molar-refractivity contribution in [2.45, 2.75) is 25.9 Å². The highest BCUT2D eigenvalue weighted by Crippen LogP contribution is 2.38. The summed E-state index contributed by atoms with van der Waals surface area (Å²) in [6, 6.07) is 18.5. The predicted octanol–water partition coefficient (Wildman–Crippen LogP) is 5.61. The molecule has 1 unspecified atom stereocenters. The van der Waals surface area contributed by atoms with Gasteiger partial charge in [-0.2, -0.15) is 0 Å². The lowest BCUT2D eigenvalue weighted by Gasteiger charge is -2.11. The number of hydrogen-bond acceptors (Lipinski definition) is 3. The van der Waals surface area contributed by atoms with Crippen molar-refractivity contribution in [2.75, 3.05) is 6.61 Å². The van der Waals surface area contributed by atoms with Crippen LogP contribution in [-0.4, -0.2) is 22.2 Å². The number of halogens is 1. The third-order valence-electron chi connectivity index (χ3n) is 5.87. The Balaban J connectivity index is 1.36. The molecule has 1 atom stereocenters. The molecule has 0 spiro atoms. The fraction of sp³-hybridized carbons (Fsp3) is 0.192. The quantitative estimate of drug-likeness (QED) is 0.431. The molecule has 0 saturated heterocycles. The molecule has 1 aromatic heterocycles. The van der Waals surface area contributed by atoms with E-state index in [-0.39, 0.29) is 18.2 Å². The highest BCUT2D eigenvalue weighted by molar-refractivity contribution is 5.83. The monoisotopic (exact) mass is 431 g/mol. The normalized spacial score (nSPS) is 14.9. The van der Waals surface area contributed by atoms with E-state index in [1.165, 1.54) is 12.1 Å². The van der Waals surface area contributed by atoms with Gasteiger partial charge < -0.3 is 19.1 Å². The summed E-state index contributed by atoms with van der Waals surface area (Å²) in [6.07, 6.45) is 2.04. The molecule has 0 radical (unpaired) electrons. The minimum atomic E-state index is -0.831. The van der Waals surface area contributed by atoms with Crippen LogP contribution in [0.1, 0.15) is 29.0 Å².